The SMILES string of the molecule is Cc1[nH]c(=S)sc1CC(=O)Nc1ccc(Br)c(Cl)c1Cl. The number of aromatic nitrogens is 1. The molecule has 0 atom stereocenters. The van der Waals surface area contributed by atoms with Crippen molar-refractivity contribution >= 4 is 74.3 Å². The van der Waals surface area contributed by atoms with Gasteiger partial charge in [-0.1, -0.05) is 23.2 Å². The Morgan fingerprint density at radius 1 is 1.45 bits per heavy atom. The molecule has 8 heteroatoms. The smallest absolute Gasteiger partial charge is 0.229 e. The second kappa shape index (κ2) is 6.58. The van der Waals surface area contributed by atoms with E-state index < -0.39 is 0 Å². The van der Waals surface area contributed by atoms with Crippen LogP contribution in [0.2, 0.25) is 10.0 Å². The molecule has 0 saturated heterocycles. The van der Waals surface area contributed by atoms with Gasteiger partial charge in [-0.3, -0.25) is 4.79 Å². The first-order chi connectivity index (χ1) is 9.38. The summed E-state index contributed by atoms with van der Waals surface area (Å²) in [6, 6.07) is 3.43. The average molecular weight is 412 g/mol. The van der Waals surface area contributed by atoms with Crippen molar-refractivity contribution in [1.82, 2.24) is 4.98 Å². The van der Waals surface area contributed by atoms with Crippen molar-refractivity contribution in [1.29, 1.82) is 0 Å². The van der Waals surface area contributed by atoms with Crippen LogP contribution >= 0.6 is 62.7 Å². The standard InChI is InChI=1S/C12H9BrCl2N2OS2/c1-5-8(20-12(19)16-5)4-9(18)17-7-3-2-6(13)10(14)11(7)15/h2-3H,4H2,1H3,(H,16,19)(H,17,18). The van der Waals surface area contributed by atoms with E-state index in [0.29, 0.717) is 24.2 Å². The van der Waals surface area contributed by atoms with Crippen LogP contribution in [-0.2, 0) is 11.2 Å². The Hall–Kier alpha value is -0.400. The Bertz CT molecular complexity index is 727. The Kier molecular flexibility index (Phi) is 5.25. The third kappa shape index (κ3) is 3.62. The number of rotatable bonds is 3. The summed E-state index contributed by atoms with van der Waals surface area (Å²) in [5.41, 5.74) is 1.40. The summed E-state index contributed by atoms with van der Waals surface area (Å²) in [4.78, 5) is 15.9. The number of halogens is 3. The van der Waals surface area contributed by atoms with Crippen LogP contribution in [0.25, 0.3) is 0 Å². The number of benzene rings is 1. The van der Waals surface area contributed by atoms with Crippen molar-refractivity contribution in [2.75, 3.05) is 5.32 Å². The highest BCUT2D eigenvalue weighted by atomic mass is 79.9. The Balaban J connectivity index is 2.15. The zero-order valence-electron chi connectivity index (χ0n) is 10.2. The number of hydrogen-bond donors (Lipinski definition) is 2. The third-order valence-corrected chi connectivity index (χ3v) is 5.66. The molecular weight excluding hydrogens is 403 g/mol. The van der Waals surface area contributed by atoms with Crippen molar-refractivity contribution < 1.29 is 4.79 Å². The molecule has 1 aromatic heterocycles. The number of hydrogen-bond acceptors (Lipinski definition) is 3. The van der Waals surface area contributed by atoms with E-state index in [-0.39, 0.29) is 12.3 Å². The van der Waals surface area contributed by atoms with Gasteiger partial charge in [-0.15, -0.1) is 11.3 Å². The van der Waals surface area contributed by atoms with E-state index in [2.05, 4.69) is 26.2 Å². The summed E-state index contributed by atoms with van der Waals surface area (Å²) in [6.07, 6.45) is 0.244. The van der Waals surface area contributed by atoms with E-state index in [0.717, 1.165) is 10.6 Å². The molecule has 106 valence electrons. The Morgan fingerprint density at radius 3 is 2.75 bits per heavy atom. The molecule has 3 nitrogen and oxygen atoms in total. The van der Waals surface area contributed by atoms with Crippen LogP contribution in [0.5, 0.6) is 0 Å². The van der Waals surface area contributed by atoms with Crippen LogP contribution in [0, 0.1) is 10.9 Å². The lowest BCUT2D eigenvalue weighted by Gasteiger charge is -2.09. The molecular formula is C12H9BrCl2N2OS2. The molecule has 2 aromatic rings. The summed E-state index contributed by atoms with van der Waals surface area (Å²) < 4.78 is 1.34. The van der Waals surface area contributed by atoms with Crippen molar-refractivity contribution in [2.24, 2.45) is 0 Å². The Morgan fingerprint density at radius 2 is 2.15 bits per heavy atom. The third-order valence-electron chi connectivity index (χ3n) is 2.55. The van der Waals surface area contributed by atoms with Gasteiger partial charge in [-0.05, 0) is 47.2 Å². The fraction of sp³-hybridized carbons (Fsp3) is 0.167. The van der Waals surface area contributed by atoms with Crippen LogP contribution in [0.3, 0.4) is 0 Å². The summed E-state index contributed by atoms with van der Waals surface area (Å²) in [5, 5.41) is 3.43. The quantitative estimate of drug-likeness (QED) is 0.527. The first-order valence-corrected chi connectivity index (χ1v) is 8.27. The van der Waals surface area contributed by atoms with Crippen LogP contribution in [0.4, 0.5) is 5.69 Å². The first-order valence-electron chi connectivity index (χ1n) is 5.50. The summed E-state index contributed by atoms with van der Waals surface area (Å²) in [6.45, 7) is 1.89. The predicted molar refractivity (Wildman–Crippen MR) is 90.7 cm³/mol. The number of H-pyrrole nitrogens is 1. The summed E-state index contributed by atoms with van der Waals surface area (Å²) in [7, 11) is 0. The normalized spacial score (nSPS) is 10.6. The minimum Gasteiger partial charge on any atom is -0.341 e. The number of carbonyl (C=O) groups is 1. The highest BCUT2D eigenvalue weighted by Crippen LogP contribution is 2.35. The van der Waals surface area contributed by atoms with Gasteiger partial charge in [0.05, 0.1) is 22.2 Å². The predicted octanol–water partition coefficient (Wildman–Crippen LogP) is 5.36. The lowest BCUT2D eigenvalue weighted by molar-refractivity contribution is -0.115. The number of thiazole rings is 1. The van der Waals surface area contributed by atoms with E-state index in [1.165, 1.54) is 11.3 Å². The van der Waals surface area contributed by atoms with Gasteiger partial charge in [0.25, 0.3) is 0 Å². The fourth-order valence-electron chi connectivity index (χ4n) is 1.57. The van der Waals surface area contributed by atoms with Crippen LogP contribution in [0.15, 0.2) is 16.6 Å². The molecule has 0 aliphatic rings. The maximum atomic E-state index is 12.0. The monoisotopic (exact) mass is 410 g/mol. The minimum absolute atomic E-state index is 0.168. The average Bonchev–Trinajstić information content (AvgIpc) is 2.68. The molecule has 0 unspecified atom stereocenters. The zero-order valence-corrected chi connectivity index (χ0v) is 15.0. The van der Waals surface area contributed by atoms with E-state index >= 15 is 0 Å². The van der Waals surface area contributed by atoms with Gasteiger partial charge >= 0.3 is 0 Å². The van der Waals surface area contributed by atoms with Gasteiger partial charge in [-0.25, -0.2) is 0 Å². The fourth-order valence-corrected chi connectivity index (χ4v) is 3.68. The summed E-state index contributed by atoms with van der Waals surface area (Å²) in [5.74, 6) is -0.168. The highest BCUT2D eigenvalue weighted by Gasteiger charge is 2.13. The molecule has 0 saturated carbocycles. The lowest BCUT2D eigenvalue weighted by atomic mass is 10.2. The maximum absolute atomic E-state index is 12.0. The topological polar surface area (TPSA) is 44.9 Å². The van der Waals surface area contributed by atoms with E-state index in [4.69, 9.17) is 35.4 Å². The molecule has 0 spiro atoms. The van der Waals surface area contributed by atoms with Crippen LogP contribution in [0.1, 0.15) is 10.6 Å². The van der Waals surface area contributed by atoms with Crippen LogP contribution < -0.4 is 5.32 Å². The molecule has 1 aromatic carbocycles. The second-order valence-electron chi connectivity index (χ2n) is 4.01. The lowest BCUT2D eigenvalue weighted by Crippen LogP contribution is -2.14. The number of nitrogens with one attached hydrogen (secondary N) is 2. The molecule has 0 aliphatic heterocycles. The number of carbonyl (C=O) groups excluding carboxylic acids is 1. The van der Waals surface area contributed by atoms with Gasteiger partial charge < -0.3 is 10.3 Å². The zero-order chi connectivity index (χ0) is 14.9. The first kappa shape index (κ1) is 16.0. The van der Waals surface area contributed by atoms with E-state index in [9.17, 15) is 4.79 Å². The van der Waals surface area contributed by atoms with Crippen LogP contribution in [-0.4, -0.2) is 10.9 Å². The van der Waals surface area contributed by atoms with Gasteiger partial charge in [0.1, 0.15) is 0 Å². The van der Waals surface area contributed by atoms with Crippen molar-refractivity contribution in [2.45, 2.75) is 13.3 Å². The molecule has 1 amide bonds. The van der Waals surface area contributed by atoms with Gasteiger partial charge in [0, 0.05) is 15.0 Å². The maximum Gasteiger partial charge on any atom is 0.229 e. The second-order valence-corrected chi connectivity index (χ2v) is 7.39. The van der Waals surface area contributed by atoms with Gasteiger partial charge in [0.15, 0.2) is 3.95 Å². The number of amides is 1. The van der Waals surface area contributed by atoms with Crippen molar-refractivity contribution in [3.05, 3.63) is 41.2 Å². The van der Waals surface area contributed by atoms with E-state index in [1.807, 2.05) is 6.92 Å². The number of aryl methyl sites for hydroxylation is 1. The highest BCUT2D eigenvalue weighted by molar-refractivity contribution is 9.10. The molecule has 0 radical (unpaired) electrons. The minimum atomic E-state index is -0.168. The molecule has 0 aliphatic carbocycles. The molecule has 20 heavy (non-hydrogen) atoms. The molecule has 0 fully saturated rings. The molecule has 2 rings (SSSR count). The molecule has 1 heterocycles. The van der Waals surface area contributed by atoms with Crippen molar-refractivity contribution in [3.8, 4) is 0 Å². The van der Waals surface area contributed by atoms with Gasteiger partial charge in [-0.2, -0.15) is 0 Å². The van der Waals surface area contributed by atoms with Gasteiger partial charge in [0.2, 0.25) is 5.91 Å². The summed E-state index contributed by atoms with van der Waals surface area (Å²) >= 11 is 21.8. The Labute approximate surface area is 143 Å². The molecule has 0 bridgehead atoms. The molecule has 2 N–H and O–H groups in total. The largest absolute Gasteiger partial charge is 0.341 e. The number of anilines is 1. The van der Waals surface area contributed by atoms with E-state index in [1.54, 1.807) is 12.1 Å². The van der Waals surface area contributed by atoms with Crippen molar-refractivity contribution in [3.63, 3.8) is 0 Å². The number of aromatic amines is 1.